The molecule has 0 saturated heterocycles. The molecule has 6 nitrogen and oxygen atoms in total. The zero-order valence-electron chi connectivity index (χ0n) is 12.7. The average Bonchev–Trinajstić information content (AvgIpc) is 2.62. The third kappa shape index (κ3) is 4.04. The molecule has 3 aromatic rings. The predicted octanol–water partition coefficient (Wildman–Crippen LogP) is 3.31. The van der Waals surface area contributed by atoms with Gasteiger partial charge in [-0.05, 0) is 35.9 Å². The number of carbonyl (C=O) groups excluding carboxylic acids is 1. The Morgan fingerprint density at radius 2 is 1.96 bits per heavy atom. The van der Waals surface area contributed by atoms with Crippen LogP contribution in [0.4, 0.5) is 0 Å². The van der Waals surface area contributed by atoms with Crippen LogP contribution in [0.15, 0.2) is 53.3 Å². The van der Waals surface area contributed by atoms with Gasteiger partial charge < -0.3 is 4.74 Å². The Morgan fingerprint density at radius 3 is 2.76 bits per heavy atom. The van der Waals surface area contributed by atoms with Gasteiger partial charge in [-0.3, -0.25) is 4.79 Å². The Labute approximate surface area is 152 Å². The lowest BCUT2D eigenvalue weighted by Crippen LogP contribution is -2.26. The minimum absolute atomic E-state index is 0.332. The van der Waals surface area contributed by atoms with Gasteiger partial charge in [0.05, 0.1) is 15.4 Å². The van der Waals surface area contributed by atoms with Gasteiger partial charge in [0.15, 0.2) is 6.73 Å². The van der Waals surface area contributed by atoms with Crippen LogP contribution in [0, 0.1) is 0 Å². The van der Waals surface area contributed by atoms with Crippen LogP contribution < -0.4 is 5.56 Å². The molecule has 0 aliphatic carbocycles. The Kier molecular flexibility index (Phi) is 5.11. The summed E-state index contributed by atoms with van der Waals surface area (Å²) < 4.78 is 5.99. The summed E-state index contributed by atoms with van der Waals surface area (Å²) in [7, 11) is 0. The van der Waals surface area contributed by atoms with E-state index in [0.29, 0.717) is 26.5 Å². The number of hydrogen-bond acceptors (Lipinski definition) is 5. The van der Waals surface area contributed by atoms with E-state index in [0.717, 1.165) is 4.68 Å². The van der Waals surface area contributed by atoms with E-state index in [2.05, 4.69) is 10.3 Å². The van der Waals surface area contributed by atoms with Gasteiger partial charge in [-0.15, -0.1) is 5.10 Å². The van der Waals surface area contributed by atoms with Crippen molar-refractivity contribution in [2.24, 2.45) is 0 Å². The molecule has 0 saturated carbocycles. The molecule has 0 unspecified atom stereocenters. The molecule has 0 amide bonds. The van der Waals surface area contributed by atoms with Crippen molar-refractivity contribution in [3.8, 4) is 0 Å². The minimum Gasteiger partial charge on any atom is -0.439 e. The molecule has 0 aliphatic heterocycles. The van der Waals surface area contributed by atoms with E-state index in [1.807, 2.05) is 0 Å². The SMILES string of the molecule is O=C(C=Cc1ccc(Cl)c(Cl)c1)OCn1nnc2ccccc2c1=O. The Bertz CT molecular complexity index is 1030. The van der Waals surface area contributed by atoms with Crippen molar-refractivity contribution in [2.75, 3.05) is 0 Å². The van der Waals surface area contributed by atoms with Crippen molar-refractivity contribution < 1.29 is 9.53 Å². The number of halogens is 2. The topological polar surface area (TPSA) is 74.1 Å². The normalized spacial score (nSPS) is 11.1. The van der Waals surface area contributed by atoms with Crippen LogP contribution in [-0.4, -0.2) is 21.0 Å². The van der Waals surface area contributed by atoms with E-state index in [4.69, 9.17) is 27.9 Å². The molecular weight excluding hydrogens is 365 g/mol. The van der Waals surface area contributed by atoms with E-state index in [1.165, 1.54) is 12.2 Å². The lowest BCUT2D eigenvalue weighted by atomic mass is 10.2. The predicted molar refractivity (Wildman–Crippen MR) is 95.4 cm³/mol. The van der Waals surface area contributed by atoms with Gasteiger partial charge in [0.1, 0.15) is 5.52 Å². The monoisotopic (exact) mass is 375 g/mol. The molecule has 0 aliphatic rings. The summed E-state index contributed by atoms with van der Waals surface area (Å²) in [5.41, 5.74) is 0.787. The van der Waals surface area contributed by atoms with Gasteiger partial charge in [-0.25, -0.2) is 4.79 Å². The number of esters is 1. The van der Waals surface area contributed by atoms with Gasteiger partial charge in [0, 0.05) is 6.08 Å². The summed E-state index contributed by atoms with van der Waals surface area (Å²) in [4.78, 5) is 24.0. The second-order valence-electron chi connectivity index (χ2n) is 5.01. The van der Waals surface area contributed by atoms with Gasteiger partial charge in [0.2, 0.25) is 0 Å². The van der Waals surface area contributed by atoms with Gasteiger partial charge >= 0.3 is 5.97 Å². The van der Waals surface area contributed by atoms with Crippen molar-refractivity contribution >= 4 is 46.2 Å². The summed E-state index contributed by atoms with van der Waals surface area (Å²) in [6.07, 6.45) is 2.75. The van der Waals surface area contributed by atoms with Crippen LogP contribution >= 0.6 is 23.2 Å². The summed E-state index contributed by atoms with van der Waals surface area (Å²) >= 11 is 11.7. The first kappa shape index (κ1) is 17.1. The van der Waals surface area contributed by atoms with E-state index in [1.54, 1.807) is 42.5 Å². The van der Waals surface area contributed by atoms with Crippen molar-refractivity contribution in [3.63, 3.8) is 0 Å². The molecule has 0 bridgehead atoms. The standard InChI is InChI=1S/C17H11Cl2N3O3/c18-13-7-5-11(9-14(13)19)6-8-16(23)25-10-22-17(24)12-3-1-2-4-15(12)20-21-22/h1-9H,10H2. The summed E-state index contributed by atoms with van der Waals surface area (Å²) in [5, 5.41) is 8.86. The van der Waals surface area contributed by atoms with E-state index < -0.39 is 5.97 Å². The highest BCUT2D eigenvalue weighted by molar-refractivity contribution is 6.42. The number of rotatable bonds is 4. The first-order chi connectivity index (χ1) is 12.0. The molecule has 1 aromatic heterocycles. The Balaban J connectivity index is 1.68. The average molecular weight is 376 g/mol. The van der Waals surface area contributed by atoms with E-state index in [-0.39, 0.29) is 12.3 Å². The van der Waals surface area contributed by atoms with Crippen molar-refractivity contribution in [1.29, 1.82) is 0 Å². The van der Waals surface area contributed by atoms with Crippen LogP contribution in [0.3, 0.4) is 0 Å². The zero-order valence-corrected chi connectivity index (χ0v) is 14.2. The van der Waals surface area contributed by atoms with Crippen molar-refractivity contribution in [3.05, 3.63) is 74.5 Å². The molecule has 0 spiro atoms. The molecule has 3 rings (SSSR count). The van der Waals surface area contributed by atoms with Gasteiger partial charge in [-0.1, -0.05) is 46.6 Å². The van der Waals surface area contributed by atoms with Crippen molar-refractivity contribution in [1.82, 2.24) is 15.0 Å². The second-order valence-corrected chi connectivity index (χ2v) is 5.83. The number of fused-ring (bicyclic) bond motifs is 1. The quantitative estimate of drug-likeness (QED) is 0.516. The molecular formula is C17H11Cl2N3O3. The largest absolute Gasteiger partial charge is 0.439 e. The Hall–Kier alpha value is -2.70. The van der Waals surface area contributed by atoms with Crippen molar-refractivity contribution in [2.45, 2.75) is 6.73 Å². The maximum absolute atomic E-state index is 12.2. The molecule has 0 atom stereocenters. The highest BCUT2D eigenvalue weighted by atomic mass is 35.5. The molecule has 8 heteroatoms. The molecule has 0 radical (unpaired) electrons. The molecule has 2 aromatic carbocycles. The molecule has 126 valence electrons. The fraction of sp³-hybridized carbons (Fsp3) is 0.0588. The van der Waals surface area contributed by atoms with Gasteiger partial charge in [-0.2, -0.15) is 4.68 Å². The van der Waals surface area contributed by atoms with Crippen LogP contribution in [0.1, 0.15) is 5.56 Å². The first-order valence-electron chi connectivity index (χ1n) is 7.17. The van der Waals surface area contributed by atoms with Crippen LogP contribution in [0.2, 0.25) is 10.0 Å². The highest BCUT2D eigenvalue weighted by Crippen LogP contribution is 2.23. The molecule has 0 fully saturated rings. The van der Waals surface area contributed by atoms with E-state index >= 15 is 0 Å². The lowest BCUT2D eigenvalue weighted by Gasteiger charge is -2.04. The maximum Gasteiger partial charge on any atom is 0.332 e. The third-order valence-electron chi connectivity index (χ3n) is 3.31. The number of nitrogens with zero attached hydrogens (tertiary/aromatic N) is 3. The number of hydrogen-bond donors (Lipinski definition) is 0. The minimum atomic E-state index is -0.632. The second kappa shape index (κ2) is 7.46. The fourth-order valence-corrected chi connectivity index (χ4v) is 2.37. The van der Waals surface area contributed by atoms with Crippen LogP contribution in [-0.2, 0) is 16.3 Å². The highest BCUT2D eigenvalue weighted by Gasteiger charge is 2.06. The number of ether oxygens (including phenoxy) is 1. The summed E-state index contributed by atoms with van der Waals surface area (Å²) in [6, 6.07) is 11.7. The number of carbonyl (C=O) groups is 1. The fourth-order valence-electron chi connectivity index (χ4n) is 2.06. The van der Waals surface area contributed by atoms with E-state index in [9.17, 15) is 9.59 Å². The number of aromatic nitrogens is 3. The summed E-state index contributed by atoms with van der Waals surface area (Å²) in [6.45, 7) is -0.332. The first-order valence-corrected chi connectivity index (χ1v) is 7.92. The molecule has 0 N–H and O–H groups in total. The summed E-state index contributed by atoms with van der Waals surface area (Å²) in [5.74, 6) is -0.632. The zero-order chi connectivity index (χ0) is 17.8. The Morgan fingerprint density at radius 1 is 1.16 bits per heavy atom. The van der Waals surface area contributed by atoms with Crippen LogP contribution in [0.5, 0.6) is 0 Å². The van der Waals surface area contributed by atoms with Crippen LogP contribution in [0.25, 0.3) is 17.0 Å². The molecule has 1 heterocycles. The lowest BCUT2D eigenvalue weighted by molar-refractivity contribution is -0.141. The molecule has 25 heavy (non-hydrogen) atoms. The van der Waals surface area contributed by atoms with Gasteiger partial charge in [0.25, 0.3) is 5.56 Å². The third-order valence-corrected chi connectivity index (χ3v) is 4.05. The smallest absolute Gasteiger partial charge is 0.332 e. The maximum atomic E-state index is 12.2. The number of benzene rings is 2.